The summed E-state index contributed by atoms with van der Waals surface area (Å²) in [4.78, 5) is 0. The molecule has 0 aliphatic carbocycles. The molecule has 1 saturated heterocycles. The van der Waals surface area contributed by atoms with Gasteiger partial charge in [-0.3, -0.25) is 0 Å². The van der Waals surface area contributed by atoms with Crippen molar-refractivity contribution in [2.75, 3.05) is 40.0 Å². The van der Waals surface area contributed by atoms with Crippen molar-refractivity contribution in [3.05, 3.63) is 35.6 Å². The quantitative estimate of drug-likeness (QED) is 0.779. The van der Waals surface area contributed by atoms with Gasteiger partial charge in [0, 0.05) is 33.4 Å². The average Bonchev–Trinajstić information content (AvgIpc) is 2.47. The standard InChI is InChI=1S/C16H24FNO2/c1-19-11-8-18-13-16(6-9-20-10-7-16)12-14-4-2-3-5-15(14)17/h2-5,18H,6-13H2,1H3. The van der Waals surface area contributed by atoms with Crippen LogP contribution in [-0.4, -0.2) is 40.0 Å². The highest BCUT2D eigenvalue weighted by atomic mass is 19.1. The molecule has 0 atom stereocenters. The van der Waals surface area contributed by atoms with E-state index in [1.165, 1.54) is 0 Å². The maximum absolute atomic E-state index is 13.9. The van der Waals surface area contributed by atoms with E-state index in [0.717, 1.165) is 51.1 Å². The van der Waals surface area contributed by atoms with Gasteiger partial charge in [-0.15, -0.1) is 0 Å². The van der Waals surface area contributed by atoms with Crippen molar-refractivity contribution in [3.63, 3.8) is 0 Å². The predicted octanol–water partition coefficient (Wildman–Crippen LogP) is 2.40. The van der Waals surface area contributed by atoms with Gasteiger partial charge in [0.25, 0.3) is 0 Å². The van der Waals surface area contributed by atoms with Crippen molar-refractivity contribution in [1.29, 1.82) is 0 Å². The number of methoxy groups -OCH3 is 1. The number of nitrogens with one attached hydrogen (secondary N) is 1. The van der Waals surface area contributed by atoms with Crippen molar-refractivity contribution in [1.82, 2.24) is 5.32 Å². The van der Waals surface area contributed by atoms with Crippen molar-refractivity contribution >= 4 is 0 Å². The first kappa shape index (κ1) is 15.4. The minimum absolute atomic E-state index is 0.0915. The predicted molar refractivity (Wildman–Crippen MR) is 77.3 cm³/mol. The summed E-state index contributed by atoms with van der Waals surface area (Å²) < 4.78 is 24.4. The first-order chi connectivity index (χ1) is 9.76. The van der Waals surface area contributed by atoms with Crippen LogP contribution in [0.15, 0.2) is 24.3 Å². The lowest BCUT2D eigenvalue weighted by Gasteiger charge is -2.37. The Labute approximate surface area is 120 Å². The molecule has 0 amide bonds. The monoisotopic (exact) mass is 281 g/mol. The Hall–Kier alpha value is -0.970. The summed E-state index contributed by atoms with van der Waals surface area (Å²) in [6.45, 7) is 3.94. The van der Waals surface area contributed by atoms with Gasteiger partial charge in [0.05, 0.1) is 6.61 Å². The van der Waals surface area contributed by atoms with Gasteiger partial charge in [-0.25, -0.2) is 4.39 Å². The molecule has 0 unspecified atom stereocenters. The Morgan fingerprint density at radius 3 is 2.75 bits per heavy atom. The number of halogens is 1. The number of hydrogen-bond donors (Lipinski definition) is 1. The van der Waals surface area contributed by atoms with E-state index in [0.29, 0.717) is 6.61 Å². The molecule has 2 rings (SSSR count). The van der Waals surface area contributed by atoms with Crippen LogP contribution in [0, 0.1) is 11.2 Å². The number of hydrogen-bond acceptors (Lipinski definition) is 3. The summed E-state index contributed by atoms with van der Waals surface area (Å²) in [5.74, 6) is -0.102. The van der Waals surface area contributed by atoms with Crippen LogP contribution in [0.1, 0.15) is 18.4 Å². The minimum atomic E-state index is -0.102. The van der Waals surface area contributed by atoms with E-state index >= 15 is 0 Å². The van der Waals surface area contributed by atoms with E-state index in [-0.39, 0.29) is 11.2 Å². The van der Waals surface area contributed by atoms with Gasteiger partial charge in [0.15, 0.2) is 0 Å². The molecule has 1 aromatic rings. The van der Waals surface area contributed by atoms with Crippen LogP contribution in [0.3, 0.4) is 0 Å². The molecule has 0 aromatic heterocycles. The lowest BCUT2D eigenvalue weighted by Crippen LogP contribution is -2.41. The third-order valence-electron chi connectivity index (χ3n) is 4.06. The summed E-state index contributed by atoms with van der Waals surface area (Å²) >= 11 is 0. The SMILES string of the molecule is COCCNCC1(Cc2ccccc2F)CCOCC1. The van der Waals surface area contributed by atoms with Gasteiger partial charge in [-0.05, 0) is 36.3 Å². The van der Waals surface area contributed by atoms with Crippen LogP contribution in [0.4, 0.5) is 4.39 Å². The molecule has 20 heavy (non-hydrogen) atoms. The summed E-state index contributed by atoms with van der Waals surface area (Å²) in [5, 5.41) is 3.43. The van der Waals surface area contributed by atoms with E-state index in [4.69, 9.17) is 9.47 Å². The molecule has 0 spiro atoms. The van der Waals surface area contributed by atoms with Gasteiger partial charge in [-0.1, -0.05) is 18.2 Å². The number of rotatable bonds is 7. The molecule has 112 valence electrons. The Morgan fingerprint density at radius 2 is 2.05 bits per heavy atom. The van der Waals surface area contributed by atoms with Crippen LogP contribution in [-0.2, 0) is 15.9 Å². The highest BCUT2D eigenvalue weighted by Gasteiger charge is 2.33. The van der Waals surface area contributed by atoms with Crippen LogP contribution in [0.5, 0.6) is 0 Å². The van der Waals surface area contributed by atoms with Gasteiger partial charge in [0.1, 0.15) is 5.82 Å². The van der Waals surface area contributed by atoms with Crippen LogP contribution in [0.25, 0.3) is 0 Å². The maximum Gasteiger partial charge on any atom is 0.126 e. The molecule has 0 bridgehead atoms. The Morgan fingerprint density at radius 1 is 1.30 bits per heavy atom. The summed E-state index contributed by atoms with van der Waals surface area (Å²) in [5.41, 5.74) is 0.900. The fraction of sp³-hybridized carbons (Fsp3) is 0.625. The molecule has 1 N–H and O–H groups in total. The van der Waals surface area contributed by atoms with E-state index in [9.17, 15) is 4.39 Å². The Balaban J connectivity index is 2.01. The summed E-state index contributed by atoms with van der Waals surface area (Å²) in [7, 11) is 1.70. The first-order valence-electron chi connectivity index (χ1n) is 7.27. The number of benzene rings is 1. The molecule has 1 aliphatic heterocycles. The van der Waals surface area contributed by atoms with E-state index in [2.05, 4.69) is 5.32 Å². The zero-order valence-corrected chi connectivity index (χ0v) is 12.2. The second kappa shape index (κ2) is 7.72. The lowest BCUT2D eigenvalue weighted by molar-refractivity contribution is 0.0139. The van der Waals surface area contributed by atoms with Gasteiger partial charge in [-0.2, -0.15) is 0 Å². The smallest absolute Gasteiger partial charge is 0.126 e. The van der Waals surface area contributed by atoms with Gasteiger partial charge in [0.2, 0.25) is 0 Å². The molecule has 1 fully saturated rings. The Bertz CT molecular complexity index is 405. The molecule has 3 nitrogen and oxygen atoms in total. The summed E-state index contributed by atoms with van der Waals surface area (Å²) in [6.07, 6.45) is 2.71. The minimum Gasteiger partial charge on any atom is -0.383 e. The second-order valence-corrected chi connectivity index (χ2v) is 5.55. The molecule has 4 heteroatoms. The molecule has 1 aliphatic rings. The summed E-state index contributed by atoms with van der Waals surface area (Å²) in [6, 6.07) is 7.08. The van der Waals surface area contributed by atoms with E-state index < -0.39 is 0 Å². The van der Waals surface area contributed by atoms with Gasteiger partial charge < -0.3 is 14.8 Å². The molecule has 0 saturated carbocycles. The molecule has 0 radical (unpaired) electrons. The van der Waals surface area contributed by atoms with Crippen molar-refractivity contribution in [3.8, 4) is 0 Å². The fourth-order valence-corrected chi connectivity index (χ4v) is 2.79. The zero-order valence-electron chi connectivity index (χ0n) is 12.2. The van der Waals surface area contributed by atoms with Crippen molar-refractivity contribution in [2.24, 2.45) is 5.41 Å². The van der Waals surface area contributed by atoms with Crippen molar-refractivity contribution < 1.29 is 13.9 Å². The third kappa shape index (κ3) is 4.27. The molecule has 1 heterocycles. The van der Waals surface area contributed by atoms with Crippen LogP contribution >= 0.6 is 0 Å². The van der Waals surface area contributed by atoms with E-state index in [1.54, 1.807) is 19.2 Å². The fourth-order valence-electron chi connectivity index (χ4n) is 2.79. The highest BCUT2D eigenvalue weighted by Crippen LogP contribution is 2.34. The van der Waals surface area contributed by atoms with Gasteiger partial charge >= 0.3 is 0 Å². The third-order valence-corrected chi connectivity index (χ3v) is 4.06. The topological polar surface area (TPSA) is 30.5 Å². The average molecular weight is 281 g/mol. The van der Waals surface area contributed by atoms with E-state index in [1.807, 2.05) is 12.1 Å². The zero-order chi connectivity index (χ0) is 14.3. The second-order valence-electron chi connectivity index (χ2n) is 5.55. The molecular formula is C16H24FNO2. The molecular weight excluding hydrogens is 257 g/mol. The Kier molecular flexibility index (Phi) is 5.95. The largest absolute Gasteiger partial charge is 0.383 e. The highest BCUT2D eigenvalue weighted by molar-refractivity contribution is 5.19. The first-order valence-corrected chi connectivity index (χ1v) is 7.27. The normalized spacial score (nSPS) is 18.1. The van der Waals surface area contributed by atoms with Crippen molar-refractivity contribution in [2.45, 2.75) is 19.3 Å². The lowest BCUT2D eigenvalue weighted by atomic mass is 9.75. The maximum atomic E-state index is 13.9. The van der Waals surface area contributed by atoms with Crippen LogP contribution in [0.2, 0.25) is 0 Å². The van der Waals surface area contributed by atoms with Crippen LogP contribution < -0.4 is 5.32 Å². The molecule has 1 aromatic carbocycles. The number of ether oxygens (including phenoxy) is 2.